The van der Waals surface area contributed by atoms with E-state index in [0.29, 0.717) is 17.0 Å². The summed E-state index contributed by atoms with van der Waals surface area (Å²) < 4.78 is 5.01. The summed E-state index contributed by atoms with van der Waals surface area (Å²) >= 11 is 0. The van der Waals surface area contributed by atoms with Crippen LogP contribution in [0.1, 0.15) is 5.56 Å². The highest BCUT2D eigenvalue weighted by Crippen LogP contribution is 2.25. The summed E-state index contributed by atoms with van der Waals surface area (Å²) in [6, 6.07) is 7.01. The maximum absolute atomic E-state index is 11.3. The molecule has 1 atom stereocenters. The number of esters is 1. The maximum atomic E-state index is 11.3. The van der Waals surface area contributed by atoms with Crippen LogP contribution in [0.2, 0.25) is 0 Å². The number of para-hydroxylation sites is 1. The number of carbonyl (C=O) groups excluding carboxylic acids is 1. The first-order valence-electron chi connectivity index (χ1n) is 4.28. The average Bonchev–Trinajstić information content (AvgIpc) is 2.18. The van der Waals surface area contributed by atoms with Crippen LogP contribution in [0.5, 0.6) is 5.75 Å². The topological polar surface area (TPSA) is 72.1 Å². The van der Waals surface area contributed by atoms with Gasteiger partial charge in [-0.1, -0.05) is 12.1 Å². The molecule has 2 rings (SSSR count). The Kier molecular flexibility index (Phi) is 2.05. The number of rotatable bonds is 1. The molecule has 72 valence electrons. The van der Waals surface area contributed by atoms with Crippen molar-refractivity contribution in [2.24, 2.45) is 5.92 Å². The van der Waals surface area contributed by atoms with Crippen LogP contribution in [0.4, 0.5) is 0 Å². The molecule has 1 aliphatic rings. The molecule has 4 nitrogen and oxygen atoms in total. The monoisotopic (exact) mass is 192 g/mol. The molecule has 0 aromatic heterocycles. The number of ether oxygens (including phenoxy) is 1. The summed E-state index contributed by atoms with van der Waals surface area (Å²) in [6.45, 7) is -0.320. The van der Waals surface area contributed by atoms with E-state index in [1.54, 1.807) is 24.3 Å². The molecule has 0 amide bonds. The predicted octanol–water partition coefficient (Wildman–Crippen LogP) is -1.24. The summed E-state index contributed by atoms with van der Waals surface area (Å²) in [7, 11) is 0. The van der Waals surface area contributed by atoms with Crippen LogP contribution in [-0.2, 0) is 4.79 Å². The van der Waals surface area contributed by atoms with Crippen molar-refractivity contribution in [2.45, 2.75) is 0 Å². The van der Waals surface area contributed by atoms with E-state index in [1.165, 1.54) is 0 Å². The molecule has 0 bridgehead atoms. The van der Waals surface area contributed by atoms with Crippen LogP contribution in [0, 0.1) is 5.92 Å². The molecule has 1 aliphatic heterocycles. The third-order valence-corrected chi connectivity index (χ3v) is 2.25. The standard InChI is InChI=1S/C10H9NO3/c11-9-6-3-1-2-4-8(6)14-10(13)7(9)5-12/h1-4,7,11-12H,5H2/p+1. The first-order chi connectivity index (χ1) is 6.74. The molecular weight excluding hydrogens is 182 g/mol. The van der Waals surface area contributed by atoms with Crippen LogP contribution >= 0.6 is 0 Å². The minimum absolute atomic E-state index is 0.320. The van der Waals surface area contributed by atoms with E-state index < -0.39 is 11.9 Å². The molecule has 0 saturated heterocycles. The van der Waals surface area contributed by atoms with Crippen LogP contribution < -0.4 is 10.1 Å². The maximum Gasteiger partial charge on any atom is 0.327 e. The Morgan fingerprint density at radius 3 is 2.86 bits per heavy atom. The van der Waals surface area contributed by atoms with Gasteiger partial charge in [-0.3, -0.25) is 10.2 Å². The fourth-order valence-corrected chi connectivity index (χ4v) is 1.46. The number of carbonyl (C=O) groups is 1. The third-order valence-electron chi connectivity index (χ3n) is 2.25. The zero-order valence-electron chi connectivity index (χ0n) is 7.43. The Bertz CT molecular complexity index is 400. The van der Waals surface area contributed by atoms with Crippen molar-refractivity contribution in [1.82, 2.24) is 0 Å². The Morgan fingerprint density at radius 2 is 2.14 bits per heavy atom. The number of aliphatic hydroxyl groups is 1. The third kappa shape index (κ3) is 1.20. The summed E-state index contributed by atoms with van der Waals surface area (Å²) in [5, 5.41) is 14.7. The number of benzene rings is 1. The zero-order valence-corrected chi connectivity index (χ0v) is 7.43. The molecule has 1 aromatic rings. The lowest BCUT2D eigenvalue weighted by molar-refractivity contribution is -0.146. The highest BCUT2D eigenvalue weighted by molar-refractivity contribution is 6.13. The van der Waals surface area contributed by atoms with Crippen molar-refractivity contribution in [3.8, 4) is 5.75 Å². The van der Waals surface area contributed by atoms with Gasteiger partial charge in [0.05, 0.1) is 12.2 Å². The number of aliphatic hydroxyl groups excluding tert-OH is 1. The number of fused-ring (bicyclic) bond motifs is 1. The van der Waals surface area contributed by atoms with E-state index >= 15 is 0 Å². The lowest BCUT2D eigenvalue weighted by atomic mass is 9.94. The van der Waals surface area contributed by atoms with Crippen molar-refractivity contribution in [3.05, 3.63) is 29.8 Å². The summed E-state index contributed by atoms with van der Waals surface area (Å²) in [5.74, 6) is -0.770. The molecule has 0 saturated carbocycles. The van der Waals surface area contributed by atoms with E-state index in [2.05, 4.69) is 0 Å². The Morgan fingerprint density at radius 1 is 1.43 bits per heavy atom. The largest absolute Gasteiger partial charge is 0.425 e. The fraction of sp³-hybridized carbons (Fsp3) is 0.200. The Labute approximate surface area is 80.6 Å². The molecule has 1 heterocycles. The molecule has 4 heteroatoms. The van der Waals surface area contributed by atoms with Gasteiger partial charge in [-0.05, 0) is 12.1 Å². The highest BCUT2D eigenvalue weighted by atomic mass is 16.5. The van der Waals surface area contributed by atoms with Gasteiger partial charge in [-0.15, -0.1) is 0 Å². The SMILES string of the molecule is [NH2+]=C1c2ccccc2OC(=O)C1CO. The Hall–Kier alpha value is -1.68. The van der Waals surface area contributed by atoms with Crippen LogP contribution in [-0.4, -0.2) is 23.4 Å². The van der Waals surface area contributed by atoms with Crippen molar-refractivity contribution in [3.63, 3.8) is 0 Å². The van der Waals surface area contributed by atoms with Crippen molar-refractivity contribution in [1.29, 1.82) is 0 Å². The number of hydrogen-bond acceptors (Lipinski definition) is 3. The van der Waals surface area contributed by atoms with Gasteiger partial charge >= 0.3 is 5.97 Å². The van der Waals surface area contributed by atoms with Crippen molar-refractivity contribution < 1.29 is 20.0 Å². The summed E-state index contributed by atoms with van der Waals surface area (Å²) in [6.07, 6.45) is 0. The van der Waals surface area contributed by atoms with E-state index in [4.69, 9.17) is 15.3 Å². The van der Waals surface area contributed by atoms with Gasteiger partial charge in [-0.25, -0.2) is 0 Å². The molecule has 1 unspecified atom stereocenters. The van der Waals surface area contributed by atoms with Gasteiger partial charge in [0.2, 0.25) is 5.71 Å². The lowest BCUT2D eigenvalue weighted by Gasteiger charge is -2.19. The summed E-state index contributed by atoms with van der Waals surface area (Å²) in [4.78, 5) is 11.3. The molecule has 0 spiro atoms. The molecule has 3 N–H and O–H groups in total. The summed E-state index contributed by atoms with van der Waals surface area (Å²) in [5.41, 5.74) is 1.06. The molecule has 14 heavy (non-hydrogen) atoms. The average molecular weight is 192 g/mol. The van der Waals surface area contributed by atoms with E-state index in [0.717, 1.165) is 0 Å². The molecule has 0 fully saturated rings. The van der Waals surface area contributed by atoms with E-state index in [9.17, 15) is 4.79 Å². The van der Waals surface area contributed by atoms with Crippen LogP contribution in [0.15, 0.2) is 24.3 Å². The first kappa shape index (κ1) is 8.90. The highest BCUT2D eigenvalue weighted by Gasteiger charge is 2.36. The molecular formula is C10H10NO3+. The number of hydrogen-bond donors (Lipinski definition) is 2. The predicted molar refractivity (Wildman–Crippen MR) is 48.7 cm³/mol. The second kappa shape index (κ2) is 3.23. The first-order valence-corrected chi connectivity index (χ1v) is 4.28. The minimum Gasteiger partial charge on any atom is -0.425 e. The normalized spacial score (nSPS) is 20.2. The van der Waals surface area contributed by atoms with E-state index in [1.807, 2.05) is 0 Å². The van der Waals surface area contributed by atoms with Gasteiger partial charge in [0.25, 0.3) is 0 Å². The molecule has 0 radical (unpaired) electrons. The lowest BCUT2D eigenvalue weighted by Crippen LogP contribution is -2.52. The van der Waals surface area contributed by atoms with Gasteiger partial charge in [0.15, 0.2) is 5.92 Å². The zero-order chi connectivity index (χ0) is 10.1. The second-order valence-corrected chi connectivity index (χ2v) is 3.11. The van der Waals surface area contributed by atoms with Gasteiger partial charge < -0.3 is 9.84 Å². The van der Waals surface area contributed by atoms with Crippen LogP contribution in [0.25, 0.3) is 0 Å². The number of nitrogens with two attached hydrogens (primary N) is 1. The van der Waals surface area contributed by atoms with Gasteiger partial charge in [0.1, 0.15) is 5.75 Å². The Balaban J connectivity index is 2.49. The quantitative estimate of drug-likeness (QED) is 0.432. The molecule has 1 aromatic carbocycles. The fourth-order valence-electron chi connectivity index (χ4n) is 1.46. The second-order valence-electron chi connectivity index (χ2n) is 3.11. The van der Waals surface area contributed by atoms with Crippen LogP contribution in [0.3, 0.4) is 0 Å². The van der Waals surface area contributed by atoms with Gasteiger partial charge in [0, 0.05) is 0 Å². The van der Waals surface area contributed by atoms with Crippen molar-refractivity contribution >= 4 is 11.7 Å². The molecule has 0 aliphatic carbocycles. The van der Waals surface area contributed by atoms with Gasteiger partial charge in [-0.2, -0.15) is 0 Å². The smallest absolute Gasteiger partial charge is 0.327 e. The minimum atomic E-state index is -0.732. The van der Waals surface area contributed by atoms with E-state index in [-0.39, 0.29) is 6.61 Å². The van der Waals surface area contributed by atoms with Crippen molar-refractivity contribution in [2.75, 3.05) is 6.61 Å².